The van der Waals surface area contributed by atoms with Crippen molar-refractivity contribution in [3.63, 3.8) is 0 Å². The molecular weight excluding hydrogens is 485 g/mol. The van der Waals surface area contributed by atoms with E-state index in [-0.39, 0.29) is 31.1 Å². The number of halogens is 4. The van der Waals surface area contributed by atoms with E-state index in [1.54, 1.807) is 12.1 Å². The molecule has 1 fully saturated rings. The van der Waals surface area contributed by atoms with Crippen LogP contribution in [0.1, 0.15) is 0 Å². The normalized spacial score (nSPS) is 17.0. The topological polar surface area (TPSA) is 74.8 Å². The van der Waals surface area contributed by atoms with Crippen molar-refractivity contribution in [3.8, 4) is 0 Å². The van der Waals surface area contributed by atoms with Crippen LogP contribution >= 0.6 is 15.9 Å². The molecule has 0 bridgehead atoms. The maximum Gasteiger partial charge on any atom is 0.246 e. The lowest BCUT2D eigenvalue weighted by Gasteiger charge is -2.33. The number of piperazine rings is 1. The van der Waals surface area contributed by atoms with Crippen molar-refractivity contribution in [2.75, 3.05) is 26.2 Å². The highest BCUT2D eigenvalue weighted by Gasteiger charge is 2.35. The molecule has 0 spiro atoms. The Labute approximate surface area is 168 Å². The molecule has 0 aliphatic carbocycles. The minimum Gasteiger partial charge on any atom is -0.207 e. The molecule has 12 heteroatoms. The summed E-state index contributed by atoms with van der Waals surface area (Å²) in [5.41, 5.74) is 0. The maximum atomic E-state index is 13.9. The predicted octanol–water partition coefficient (Wildman–Crippen LogP) is 2.56. The Morgan fingerprint density at radius 3 is 1.93 bits per heavy atom. The van der Waals surface area contributed by atoms with Gasteiger partial charge in [-0.25, -0.2) is 30.0 Å². The Hall–Kier alpha value is -1.47. The predicted molar refractivity (Wildman–Crippen MR) is 98.0 cm³/mol. The summed E-state index contributed by atoms with van der Waals surface area (Å²) < 4.78 is 93.4. The second-order valence-electron chi connectivity index (χ2n) is 5.94. The summed E-state index contributed by atoms with van der Waals surface area (Å²) in [6.45, 7) is -0.846. The summed E-state index contributed by atoms with van der Waals surface area (Å²) in [5, 5.41) is 0. The minimum absolute atomic E-state index is 0.0461. The average molecular weight is 499 g/mol. The molecule has 0 N–H and O–H groups in total. The fraction of sp³-hybridized carbons (Fsp3) is 0.250. The van der Waals surface area contributed by atoms with E-state index >= 15 is 0 Å². The van der Waals surface area contributed by atoms with Gasteiger partial charge in [-0.2, -0.15) is 8.61 Å². The highest BCUT2D eigenvalue weighted by molar-refractivity contribution is 9.10. The Bertz CT molecular complexity index is 1120. The smallest absolute Gasteiger partial charge is 0.207 e. The third-order valence-corrected chi connectivity index (χ3v) is 8.55. The number of sulfonamides is 2. The fourth-order valence-electron chi connectivity index (χ4n) is 2.77. The van der Waals surface area contributed by atoms with Crippen LogP contribution in [0.25, 0.3) is 0 Å². The van der Waals surface area contributed by atoms with Crippen LogP contribution in [0.2, 0.25) is 0 Å². The number of benzene rings is 2. The van der Waals surface area contributed by atoms with Crippen molar-refractivity contribution in [1.29, 1.82) is 0 Å². The van der Waals surface area contributed by atoms with Crippen LogP contribution in [-0.4, -0.2) is 51.6 Å². The van der Waals surface area contributed by atoms with Crippen molar-refractivity contribution < 1.29 is 30.0 Å². The van der Waals surface area contributed by atoms with Crippen molar-refractivity contribution in [1.82, 2.24) is 8.61 Å². The summed E-state index contributed by atoms with van der Waals surface area (Å²) in [6.07, 6.45) is 0. The van der Waals surface area contributed by atoms with Gasteiger partial charge in [-0.05, 0) is 30.3 Å². The lowest BCUT2D eigenvalue weighted by molar-refractivity contribution is 0.271. The number of hydrogen-bond acceptors (Lipinski definition) is 4. The van der Waals surface area contributed by atoms with Gasteiger partial charge in [0, 0.05) is 30.7 Å². The van der Waals surface area contributed by atoms with Gasteiger partial charge in [0.2, 0.25) is 20.0 Å². The summed E-state index contributed by atoms with van der Waals surface area (Å²) in [6, 6.07) is 7.24. The molecule has 152 valence electrons. The van der Waals surface area contributed by atoms with Gasteiger partial charge in [0.25, 0.3) is 0 Å². The number of rotatable bonds is 4. The van der Waals surface area contributed by atoms with Crippen molar-refractivity contribution in [2.24, 2.45) is 0 Å². The zero-order chi connectivity index (χ0) is 20.7. The van der Waals surface area contributed by atoms with E-state index in [1.807, 2.05) is 0 Å². The molecule has 1 aliphatic rings. The molecule has 0 radical (unpaired) electrons. The van der Waals surface area contributed by atoms with Gasteiger partial charge in [-0.1, -0.05) is 22.0 Å². The molecular formula is C16H14BrF3N2O4S2. The van der Waals surface area contributed by atoms with Crippen LogP contribution < -0.4 is 0 Å². The first-order valence-corrected chi connectivity index (χ1v) is 11.6. The molecule has 1 saturated heterocycles. The summed E-state index contributed by atoms with van der Waals surface area (Å²) in [7, 11) is -8.29. The van der Waals surface area contributed by atoms with Crippen LogP contribution in [0.3, 0.4) is 0 Å². The van der Waals surface area contributed by atoms with Gasteiger partial charge in [0.15, 0.2) is 17.5 Å². The van der Waals surface area contributed by atoms with Crippen molar-refractivity contribution in [2.45, 2.75) is 9.79 Å². The Morgan fingerprint density at radius 1 is 0.786 bits per heavy atom. The molecule has 0 aromatic heterocycles. The van der Waals surface area contributed by atoms with Gasteiger partial charge >= 0.3 is 0 Å². The molecule has 0 saturated carbocycles. The van der Waals surface area contributed by atoms with Gasteiger partial charge < -0.3 is 0 Å². The zero-order valence-corrected chi connectivity index (χ0v) is 17.4. The second-order valence-corrected chi connectivity index (χ2v) is 10.7. The summed E-state index contributed by atoms with van der Waals surface area (Å²) >= 11 is 3.19. The molecule has 28 heavy (non-hydrogen) atoms. The first kappa shape index (κ1) is 21.2. The molecule has 2 aromatic carbocycles. The molecule has 0 atom stereocenters. The molecule has 0 unspecified atom stereocenters. The lowest BCUT2D eigenvalue weighted by Crippen LogP contribution is -2.50. The van der Waals surface area contributed by atoms with Crippen molar-refractivity contribution >= 4 is 36.0 Å². The molecule has 1 heterocycles. The third-order valence-electron chi connectivity index (χ3n) is 4.25. The monoisotopic (exact) mass is 498 g/mol. The van der Waals surface area contributed by atoms with E-state index in [0.717, 1.165) is 8.61 Å². The lowest BCUT2D eigenvalue weighted by atomic mass is 10.3. The fourth-order valence-corrected chi connectivity index (χ4v) is 6.27. The van der Waals surface area contributed by atoms with E-state index in [9.17, 15) is 30.0 Å². The first-order chi connectivity index (χ1) is 13.0. The van der Waals surface area contributed by atoms with E-state index in [1.165, 1.54) is 12.1 Å². The molecule has 2 aromatic rings. The summed E-state index contributed by atoms with van der Waals surface area (Å²) in [4.78, 5) is -0.945. The molecule has 1 aliphatic heterocycles. The van der Waals surface area contributed by atoms with Crippen LogP contribution in [0.4, 0.5) is 13.2 Å². The van der Waals surface area contributed by atoms with Crippen LogP contribution in [0.5, 0.6) is 0 Å². The van der Waals surface area contributed by atoms with E-state index in [0.29, 0.717) is 16.6 Å². The molecule has 6 nitrogen and oxygen atoms in total. The van der Waals surface area contributed by atoms with Crippen LogP contribution in [-0.2, 0) is 20.0 Å². The van der Waals surface area contributed by atoms with Crippen LogP contribution in [0.15, 0.2) is 50.7 Å². The summed E-state index contributed by atoms with van der Waals surface area (Å²) in [5.74, 6) is -5.18. The third kappa shape index (κ3) is 3.83. The second kappa shape index (κ2) is 7.75. The number of nitrogens with zero attached hydrogens (tertiary/aromatic N) is 2. The maximum absolute atomic E-state index is 13.9. The molecule has 3 rings (SSSR count). The van der Waals surface area contributed by atoms with E-state index in [4.69, 9.17) is 0 Å². The van der Waals surface area contributed by atoms with Crippen molar-refractivity contribution in [3.05, 3.63) is 58.3 Å². The average Bonchev–Trinajstić information content (AvgIpc) is 2.66. The standard InChI is InChI=1S/C16H14BrF3N2O4S2/c17-11-2-1-3-12(10-11)27(23,24)21-6-8-22(9-7-21)28(25,26)14-5-4-13(18)15(19)16(14)20/h1-5,10H,6-9H2. The van der Waals surface area contributed by atoms with Gasteiger partial charge in [0.05, 0.1) is 4.90 Å². The minimum atomic E-state index is -4.45. The quantitative estimate of drug-likeness (QED) is 0.607. The Kier molecular flexibility index (Phi) is 5.88. The van der Waals surface area contributed by atoms with Gasteiger partial charge in [-0.3, -0.25) is 0 Å². The van der Waals surface area contributed by atoms with E-state index < -0.39 is 42.4 Å². The van der Waals surface area contributed by atoms with Crippen LogP contribution in [0, 0.1) is 17.5 Å². The first-order valence-electron chi connectivity index (χ1n) is 7.94. The highest BCUT2D eigenvalue weighted by atomic mass is 79.9. The van der Waals surface area contributed by atoms with Gasteiger partial charge in [0.1, 0.15) is 4.90 Å². The Morgan fingerprint density at radius 2 is 1.36 bits per heavy atom. The zero-order valence-electron chi connectivity index (χ0n) is 14.1. The molecule has 0 amide bonds. The highest BCUT2D eigenvalue weighted by Crippen LogP contribution is 2.26. The number of hydrogen-bond donors (Lipinski definition) is 0. The SMILES string of the molecule is O=S(=O)(c1cccc(Br)c1)N1CCN(S(=O)(=O)c2ccc(F)c(F)c2F)CC1. The largest absolute Gasteiger partial charge is 0.246 e. The van der Waals surface area contributed by atoms with Gasteiger partial charge in [-0.15, -0.1) is 0 Å². The Balaban J connectivity index is 1.81. The van der Waals surface area contributed by atoms with E-state index in [2.05, 4.69) is 15.9 Å².